The fraction of sp³-hybridized carbons (Fsp3) is 0.435. The van der Waals surface area contributed by atoms with Crippen molar-refractivity contribution < 1.29 is 9.13 Å². The van der Waals surface area contributed by atoms with Crippen molar-refractivity contribution in [2.24, 2.45) is 5.41 Å². The molecule has 3 aliphatic rings. The van der Waals surface area contributed by atoms with Crippen molar-refractivity contribution in [2.75, 3.05) is 56.2 Å². The Bertz CT molecular complexity index is 1170. The Morgan fingerprint density at radius 1 is 1.06 bits per heavy atom. The Morgan fingerprint density at radius 3 is 2.64 bits per heavy atom. The summed E-state index contributed by atoms with van der Waals surface area (Å²) in [6.45, 7) is 6.62. The molecule has 0 N–H and O–H groups in total. The number of ether oxygens (including phenoxy) is 1. The van der Waals surface area contributed by atoms with Crippen LogP contribution in [-0.4, -0.2) is 71.1 Å². The lowest BCUT2D eigenvalue weighted by molar-refractivity contribution is 0.139. The highest BCUT2D eigenvalue weighted by Gasteiger charge is 2.53. The molecule has 0 saturated carbocycles. The van der Waals surface area contributed by atoms with Gasteiger partial charge in [0.05, 0.1) is 25.0 Å². The molecule has 3 aromatic rings. The molecule has 0 amide bonds. The molecule has 1 aromatic carbocycles. The van der Waals surface area contributed by atoms with E-state index in [1.165, 1.54) is 12.3 Å². The first-order chi connectivity index (χ1) is 16.0. The fourth-order valence-corrected chi connectivity index (χ4v) is 5.42. The molecule has 2 aromatic heterocycles. The van der Waals surface area contributed by atoms with Crippen molar-refractivity contribution in [3.05, 3.63) is 58.8 Å². The Labute approximate surface area is 196 Å². The minimum Gasteiger partial charge on any atom is -0.383 e. The average Bonchev–Trinajstić information content (AvgIpc) is 3.07. The molecule has 5 heterocycles. The predicted molar refractivity (Wildman–Crippen MR) is 123 cm³/mol. The van der Waals surface area contributed by atoms with Crippen molar-refractivity contribution >= 4 is 23.4 Å². The van der Waals surface area contributed by atoms with Gasteiger partial charge in [-0.2, -0.15) is 0 Å². The molecule has 8 nitrogen and oxygen atoms in total. The minimum absolute atomic E-state index is 0.223. The van der Waals surface area contributed by atoms with Gasteiger partial charge in [-0.25, -0.2) is 9.37 Å². The Hall–Kier alpha value is -2.75. The molecule has 33 heavy (non-hydrogen) atoms. The van der Waals surface area contributed by atoms with E-state index in [4.69, 9.17) is 16.3 Å². The van der Waals surface area contributed by atoms with Gasteiger partial charge in [-0.15, -0.1) is 10.2 Å². The van der Waals surface area contributed by atoms with Crippen LogP contribution in [-0.2, 0) is 17.8 Å². The lowest BCUT2D eigenvalue weighted by Crippen LogP contribution is -2.73. The van der Waals surface area contributed by atoms with Crippen LogP contribution in [0.5, 0.6) is 0 Å². The minimum atomic E-state index is -0.307. The normalized spacial score (nSPS) is 19.0. The van der Waals surface area contributed by atoms with E-state index in [1.807, 2.05) is 12.1 Å². The van der Waals surface area contributed by atoms with Gasteiger partial charge in [-0.05, 0) is 35.9 Å². The van der Waals surface area contributed by atoms with Gasteiger partial charge in [0.25, 0.3) is 0 Å². The summed E-state index contributed by atoms with van der Waals surface area (Å²) < 4.78 is 20.7. The number of rotatable bonds is 5. The van der Waals surface area contributed by atoms with Crippen molar-refractivity contribution in [3.8, 4) is 5.69 Å². The van der Waals surface area contributed by atoms with Crippen LogP contribution in [0.1, 0.15) is 11.4 Å². The van der Waals surface area contributed by atoms with Crippen molar-refractivity contribution in [2.45, 2.75) is 13.1 Å². The number of fused-ring (bicyclic) bond motifs is 3. The van der Waals surface area contributed by atoms with E-state index in [1.54, 1.807) is 13.2 Å². The van der Waals surface area contributed by atoms with Crippen LogP contribution in [0.3, 0.4) is 0 Å². The Balaban J connectivity index is 1.22. The number of aromatic nitrogens is 4. The van der Waals surface area contributed by atoms with Gasteiger partial charge in [0.2, 0.25) is 5.95 Å². The molecule has 6 rings (SSSR count). The van der Waals surface area contributed by atoms with E-state index < -0.39 is 0 Å². The second kappa shape index (κ2) is 7.93. The number of hydrogen-bond donors (Lipinski definition) is 0. The third-order valence-corrected chi connectivity index (χ3v) is 7.02. The smallest absolute Gasteiger partial charge is 0.231 e. The first kappa shape index (κ1) is 20.8. The van der Waals surface area contributed by atoms with E-state index >= 15 is 0 Å². The molecule has 2 fully saturated rings. The van der Waals surface area contributed by atoms with Gasteiger partial charge in [0.1, 0.15) is 11.6 Å². The number of halogens is 2. The Kier molecular flexibility index (Phi) is 5.01. The van der Waals surface area contributed by atoms with Gasteiger partial charge in [0.15, 0.2) is 5.82 Å². The summed E-state index contributed by atoms with van der Waals surface area (Å²) in [7, 11) is 1.72. The zero-order valence-electron chi connectivity index (χ0n) is 18.4. The van der Waals surface area contributed by atoms with Crippen molar-refractivity contribution in [1.82, 2.24) is 24.6 Å². The summed E-state index contributed by atoms with van der Waals surface area (Å²) in [5.74, 6) is 2.33. The van der Waals surface area contributed by atoms with Crippen LogP contribution in [0.2, 0.25) is 5.02 Å². The van der Waals surface area contributed by atoms with Gasteiger partial charge in [-0.3, -0.25) is 9.47 Å². The summed E-state index contributed by atoms with van der Waals surface area (Å²) in [5.41, 5.74) is 2.47. The van der Waals surface area contributed by atoms with Gasteiger partial charge in [0, 0.05) is 56.8 Å². The lowest BCUT2D eigenvalue weighted by Gasteiger charge is -2.60. The maximum Gasteiger partial charge on any atom is 0.231 e. The highest BCUT2D eigenvalue weighted by Crippen LogP contribution is 2.44. The number of hydrogen-bond acceptors (Lipinski definition) is 7. The highest BCUT2D eigenvalue weighted by atomic mass is 35.5. The zero-order valence-corrected chi connectivity index (χ0v) is 19.2. The zero-order chi connectivity index (χ0) is 22.6. The van der Waals surface area contributed by atoms with Crippen LogP contribution in [0.15, 0.2) is 36.5 Å². The van der Waals surface area contributed by atoms with E-state index in [0.717, 1.165) is 73.1 Å². The first-order valence-corrected chi connectivity index (χ1v) is 11.5. The molecule has 0 radical (unpaired) electrons. The fourth-order valence-electron chi connectivity index (χ4n) is 5.22. The third-order valence-electron chi connectivity index (χ3n) is 6.79. The van der Waals surface area contributed by atoms with Gasteiger partial charge < -0.3 is 14.5 Å². The summed E-state index contributed by atoms with van der Waals surface area (Å²) >= 11 is 6.34. The molecule has 1 spiro atoms. The van der Waals surface area contributed by atoms with Gasteiger partial charge >= 0.3 is 0 Å². The molecule has 2 saturated heterocycles. The molecule has 0 bridgehead atoms. The monoisotopic (exact) mass is 469 g/mol. The van der Waals surface area contributed by atoms with E-state index in [0.29, 0.717) is 13.2 Å². The molecule has 172 valence electrons. The molecule has 0 atom stereocenters. The maximum absolute atomic E-state index is 13.2. The van der Waals surface area contributed by atoms with Gasteiger partial charge in [-0.1, -0.05) is 11.6 Å². The van der Waals surface area contributed by atoms with E-state index in [2.05, 4.69) is 40.5 Å². The standard InChI is InChI=1S/C23H25ClFN7O/c1-33-7-6-29-10-16-8-17(24)2-4-19(16)32-21(11-29)27-28-22(32)31-14-23(15-31)12-30(13-23)20-5-3-18(25)9-26-20/h2-5,8-9H,6-7,10-15H2,1H3. The van der Waals surface area contributed by atoms with Crippen LogP contribution in [0.4, 0.5) is 16.2 Å². The molecular formula is C23H25ClFN7O. The number of nitrogens with zero attached hydrogens (tertiary/aromatic N) is 7. The second-order valence-corrected chi connectivity index (χ2v) is 9.71. The summed E-state index contributed by atoms with van der Waals surface area (Å²) in [6, 6.07) is 9.23. The third kappa shape index (κ3) is 3.64. The largest absolute Gasteiger partial charge is 0.383 e. The summed E-state index contributed by atoms with van der Waals surface area (Å²) in [6.07, 6.45) is 1.28. The number of methoxy groups -OCH3 is 1. The highest BCUT2D eigenvalue weighted by molar-refractivity contribution is 6.30. The van der Waals surface area contributed by atoms with Crippen molar-refractivity contribution in [3.63, 3.8) is 0 Å². The van der Waals surface area contributed by atoms with Crippen LogP contribution in [0.25, 0.3) is 5.69 Å². The van der Waals surface area contributed by atoms with Crippen molar-refractivity contribution in [1.29, 1.82) is 0 Å². The second-order valence-electron chi connectivity index (χ2n) is 9.27. The van der Waals surface area contributed by atoms with E-state index in [9.17, 15) is 4.39 Å². The number of benzene rings is 1. The maximum atomic E-state index is 13.2. The predicted octanol–water partition coefficient (Wildman–Crippen LogP) is 2.74. The molecule has 3 aliphatic heterocycles. The first-order valence-electron chi connectivity index (χ1n) is 11.1. The van der Waals surface area contributed by atoms with Crippen LogP contribution >= 0.6 is 11.6 Å². The summed E-state index contributed by atoms with van der Waals surface area (Å²) in [5, 5.41) is 9.88. The molecule has 0 aliphatic carbocycles. The molecule has 10 heteroatoms. The topological polar surface area (TPSA) is 62.6 Å². The SMILES string of the molecule is COCCN1Cc2cc(Cl)ccc2-n2c(nnc2N2CC3(CN(c4ccc(F)cn4)C3)C2)C1. The van der Waals surface area contributed by atoms with Crippen LogP contribution in [0, 0.1) is 11.2 Å². The number of pyridine rings is 1. The average molecular weight is 470 g/mol. The number of anilines is 2. The lowest BCUT2D eigenvalue weighted by atomic mass is 9.73. The summed E-state index contributed by atoms with van der Waals surface area (Å²) in [4.78, 5) is 11.0. The quantitative estimate of drug-likeness (QED) is 0.569. The van der Waals surface area contributed by atoms with E-state index in [-0.39, 0.29) is 11.2 Å². The van der Waals surface area contributed by atoms with Crippen LogP contribution < -0.4 is 9.80 Å². The molecular weight excluding hydrogens is 445 g/mol. The molecule has 0 unspecified atom stereocenters. The Morgan fingerprint density at radius 2 is 1.88 bits per heavy atom.